The lowest BCUT2D eigenvalue weighted by Gasteiger charge is -2.41. The minimum Gasteiger partial charge on any atom is -0.479 e. The maximum absolute atomic E-state index is 15.6. The fourth-order valence-corrected chi connectivity index (χ4v) is 19.2. The quantitative estimate of drug-likeness (QED) is 0.0250. The third kappa shape index (κ3) is 22.7. The van der Waals surface area contributed by atoms with E-state index < -0.39 is 238 Å². The van der Waals surface area contributed by atoms with Crippen LogP contribution in [0.25, 0.3) is 6.08 Å². The van der Waals surface area contributed by atoms with Crippen LogP contribution >= 0.6 is 57.1 Å². The number of nitrogens with two attached hydrogens (primary N) is 1. The number of carboxylic acids is 1. The average Bonchev–Trinajstić information content (AvgIpc) is 1.49. The number of amides is 9. The molecule has 0 spiro atoms. The van der Waals surface area contributed by atoms with Crippen molar-refractivity contribution in [1.29, 1.82) is 0 Å². The Morgan fingerprint density at radius 2 is 1.52 bits per heavy atom. The van der Waals surface area contributed by atoms with Crippen molar-refractivity contribution in [3.63, 3.8) is 0 Å². The number of Topliss-reactive ketones (excluding diaryl/α,β-unsaturated/α-hetero) is 3. The summed E-state index contributed by atoms with van der Waals surface area (Å²) in [5.41, 5.74) is -1.29. The normalized spacial score (nSPS) is 25.3. The van der Waals surface area contributed by atoms with Crippen LogP contribution in [0.5, 0.6) is 0 Å². The second-order valence-corrected chi connectivity index (χ2v) is 36.3. The fourth-order valence-electron chi connectivity index (χ4n) is 14.3. The van der Waals surface area contributed by atoms with Gasteiger partial charge in [-0.05, 0) is 89.6 Å². The number of carboxylic acid groups (broad SMARTS) is 1. The zero-order valence-electron chi connectivity index (χ0n) is 71.7. The van der Waals surface area contributed by atoms with E-state index >= 15 is 14.4 Å². The van der Waals surface area contributed by atoms with E-state index in [1.165, 1.54) is 106 Å². The first kappa shape index (κ1) is 98.3. The molecule has 0 saturated heterocycles. The number of hydrogen-bond donors (Lipinski definition) is 16. The summed E-state index contributed by atoms with van der Waals surface area (Å²) in [6.45, 7) is 21.4. The number of carbonyl (C=O) groups is 14. The Morgan fingerprint density at radius 1 is 0.808 bits per heavy atom. The maximum atomic E-state index is 15.6. The number of hydrogen-bond acceptors (Lipinski definition) is 35. The molecule has 13 bridgehead atoms. The van der Waals surface area contributed by atoms with E-state index in [4.69, 9.17) is 30.5 Å². The minimum atomic E-state index is -2.12. The number of primary amides is 1. The Balaban J connectivity index is 1.04. The number of ketones is 3. The van der Waals surface area contributed by atoms with Gasteiger partial charge in [-0.1, -0.05) is 82.8 Å². The number of aliphatic imine (C=N–C) groups is 2. The van der Waals surface area contributed by atoms with Gasteiger partial charge in [0.15, 0.2) is 17.3 Å². The van der Waals surface area contributed by atoms with E-state index in [-0.39, 0.29) is 94.5 Å². The van der Waals surface area contributed by atoms with Crippen LogP contribution in [0.15, 0.2) is 121 Å². The topological polar surface area (TPSA) is 615 Å². The Kier molecular flexibility index (Phi) is 31.8. The smallest absolute Gasteiger partial charge is 0.357 e. The molecule has 9 heterocycles. The van der Waals surface area contributed by atoms with Gasteiger partial charge in [0.1, 0.15) is 90.5 Å². The van der Waals surface area contributed by atoms with Crippen LogP contribution in [-0.2, 0) is 58.3 Å². The lowest BCUT2D eigenvalue weighted by Crippen LogP contribution is -2.54. The van der Waals surface area contributed by atoms with Gasteiger partial charge in [-0.25, -0.2) is 34.5 Å². The fraction of sp³-hybridized carbons (Fsp3) is 0.412. The molecule has 17 atom stereocenters. The number of nitrogens with one attached hydrogen (secondary N) is 9. The number of nitrogens with zero attached hydrogens (tertiary/aromatic N) is 8. The van der Waals surface area contributed by atoms with Crippen LogP contribution in [0.1, 0.15) is 238 Å². The number of aliphatic hydroxyl groups is 5. The predicted octanol–water partition coefficient (Wildman–Crippen LogP) is 4.03. The zero-order valence-corrected chi connectivity index (χ0v) is 75.8. The van der Waals surface area contributed by atoms with Gasteiger partial charge in [0.2, 0.25) is 24.3 Å². The Morgan fingerprint density at radius 3 is 2.21 bits per heavy atom. The van der Waals surface area contributed by atoms with Crippen molar-refractivity contribution >= 4 is 163 Å². The lowest BCUT2D eigenvalue weighted by atomic mass is 9.80. The molecule has 0 saturated carbocycles. The van der Waals surface area contributed by atoms with Gasteiger partial charge in [0, 0.05) is 81.6 Å². The molecule has 45 heteroatoms. The summed E-state index contributed by atoms with van der Waals surface area (Å²) in [6.07, 6.45) is -2.74. The molecule has 0 fully saturated rings. The zero-order chi connectivity index (χ0) is 94.8. The van der Waals surface area contributed by atoms with Crippen molar-refractivity contribution in [1.82, 2.24) is 72.8 Å². The average molecular weight is 1880 g/mol. The van der Waals surface area contributed by atoms with Crippen LogP contribution in [0.3, 0.4) is 0 Å². The van der Waals surface area contributed by atoms with E-state index in [0.717, 1.165) is 69.5 Å². The summed E-state index contributed by atoms with van der Waals surface area (Å²) in [5.74, 6) is -17.4. The molecule has 40 nitrogen and oxygen atoms in total. The first-order valence-corrected chi connectivity index (χ1v) is 45.4. The summed E-state index contributed by atoms with van der Waals surface area (Å²) < 4.78 is 6.31. The highest BCUT2D eigenvalue weighted by Crippen LogP contribution is 2.49. The number of aromatic nitrogens is 5. The molecule has 17 N–H and O–H groups in total. The molecule has 1 aromatic carbocycles. The number of fused-ring (bicyclic) bond motifs is 7. The highest BCUT2D eigenvalue weighted by Gasteiger charge is 2.52. The van der Waals surface area contributed by atoms with E-state index in [0.29, 0.717) is 12.0 Å². The molecule has 688 valence electrons. The molecule has 11 rings (SSSR count). The molecule has 17 unspecified atom stereocenters. The number of thioether (sulfide) groups is 1. The number of aliphatic carboxylic acids is 1. The van der Waals surface area contributed by atoms with Crippen molar-refractivity contribution in [2.24, 2.45) is 38.6 Å². The maximum Gasteiger partial charge on any atom is 0.357 e. The van der Waals surface area contributed by atoms with E-state index in [9.17, 15) is 78.3 Å². The van der Waals surface area contributed by atoms with Crippen molar-refractivity contribution < 1.29 is 107 Å². The summed E-state index contributed by atoms with van der Waals surface area (Å²) in [5, 5.41) is 100.0. The number of allylic oxidation sites excluding steroid dienone is 2. The number of thiazole rings is 4. The van der Waals surface area contributed by atoms with Crippen molar-refractivity contribution in [3.05, 3.63) is 183 Å². The Bertz CT molecular complexity index is 5720. The molecule has 4 aliphatic heterocycles. The molecular formula is C85H96N18O22S5. The summed E-state index contributed by atoms with van der Waals surface area (Å²) in [7, 11) is 0. The second kappa shape index (κ2) is 42.1. The molecule has 130 heavy (non-hydrogen) atoms. The summed E-state index contributed by atoms with van der Waals surface area (Å²) >= 11 is 4.46. The number of esters is 1. The SMILES string of the molecule is C=C1NC(=O)C(C)CC(=O)C(C(C)CC)NC2C=Cc3c(C(C)O)cc(nc3C2O)C(=O)OC(C)C2NC(=O)c3csc(n3)C(C(C)(O)C(C)O)CC(=O)C3CSC(=N3)/C(=C/C)NC(=O)C(C(C)O)NC(=O)c3csc(n3)C3(CCC(c4nc(C(=O)NC(=C)C(=O)NC(=CNC(=O)c5cccc(C=NOCC(=O)O)c5)C(N)=O)cs4)=NC3c3csc2n3)NC(=O)C(C)CC1=O. The number of carbonyl (C=O) groups excluding carboxylic acids is 13. The number of aliphatic hydroxyl groups excluding tert-OH is 4. The van der Waals surface area contributed by atoms with Crippen molar-refractivity contribution in [2.75, 3.05) is 12.4 Å². The van der Waals surface area contributed by atoms with Gasteiger partial charge in [0.25, 0.3) is 35.4 Å². The molecule has 1 aliphatic carbocycles. The third-order valence-electron chi connectivity index (χ3n) is 22.3. The highest BCUT2D eigenvalue weighted by atomic mass is 32.2. The number of cyclic esters (lactones) is 1. The number of benzene rings is 1. The van der Waals surface area contributed by atoms with E-state index in [1.54, 1.807) is 26.0 Å². The van der Waals surface area contributed by atoms with Crippen LogP contribution in [0, 0.1) is 17.8 Å². The Labute approximate surface area is 763 Å². The molecule has 0 radical (unpaired) electrons. The van der Waals surface area contributed by atoms with Gasteiger partial charge in [-0.2, -0.15) is 0 Å². The van der Waals surface area contributed by atoms with Crippen LogP contribution in [0.4, 0.5) is 0 Å². The van der Waals surface area contributed by atoms with Gasteiger partial charge in [0.05, 0.1) is 81.4 Å². The first-order chi connectivity index (χ1) is 61.5. The second-order valence-electron chi connectivity index (χ2n) is 31.8. The van der Waals surface area contributed by atoms with Gasteiger partial charge in [-0.15, -0.1) is 57.1 Å². The number of ether oxygens (including phenoxy) is 1. The lowest BCUT2D eigenvalue weighted by molar-refractivity contribution is -0.142. The monoisotopic (exact) mass is 1880 g/mol. The van der Waals surface area contributed by atoms with Crippen LogP contribution < -0.4 is 53.6 Å². The molecule has 9 amide bonds. The summed E-state index contributed by atoms with van der Waals surface area (Å²) in [6, 6.07) is -1.20. The number of rotatable bonds is 18. The van der Waals surface area contributed by atoms with E-state index in [2.05, 4.69) is 90.9 Å². The molecular weight excluding hydrogens is 1790 g/mol. The van der Waals surface area contributed by atoms with Gasteiger partial charge >= 0.3 is 11.9 Å². The van der Waals surface area contributed by atoms with Gasteiger partial charge in [-0.3, -0.25) is 72.8 Å². The van der Waals surface area contributed by atoms with Crippen molar-refractivity contribution in [3.8, 4) is 0 Å². The molecule has 5 aromatic heterocycles. The van der Waals surface area contributed by atoms with Crippen LogP contribution in [0.2, 0.25) is 0 Å². The predicted molar refractivity (Wildman–Crippen MR) is 476 cm³/mol. The van der Waals surface area contributed by atoms with Gasteiger partial charge < -0.3 is 88.5 Å². The van der Waals surface area contributed by atoms with Crippen molar-refractivity contribution in [2.45, 2.75) is 192 Å². The largest absolute Gasteiger partial charge is 0.479 e. The number of oxime groups is 1. The first-order valence-electron chi connectivity index (χ1n) is 40.8. The van der Waals surface area contributed by atoms with E-state index in [1.807, 2.05) is 6.92 Å². The molecule has 5 aliphatic rings. The Hall–Kier alpha value is -12.3. The summed E-state index contributed by atoms with van der Waals surface area (Å²) in [4.78, 5) is 236. The molecule has 6 aromatic rings. The number of pyridine rings is 1. The third-order valence-corrected chi connectivity index (χ3v) is 27.2. The van der Waals surface area contributed by atoms with Crippen LogP contribution in [-0.4, -0.2) is 215 Å². The standard InChI is InChI=1S/C85H96N18O22S5/c1-13-35(3)63-61(109)23-36(4)70(114)89-38(6)59(107)22-37(5)71(115)103-85-21-20-51(80-99-56(33-128-80)74(118)90-39(7)72(116)95-53(69(86)113)28-87-73(117)45-17-15-16-44(24-45)27-88-124-29-62(110)111)93-68(85)55-31-129-81(97-55)65(42(10)125-82(122)52-25-47(40(8)104)46-18-19-50(91-63)67(112)66(46)92-52)102-75(119)57-32-126-78(98-57)48(84(12,123)43(11)106)26-60(108)54-30-127-79(96-54)49(14-2)94-77(121)64(41(9)105)101-76(120)58-34-130-83(85)100-58/h14-19,24-25,27-28,31-37,40-43,48,50,54,63-65,67-68,91,104-106,112,123H,6-7,13,20-23,26,29-30H2,1-5,8-12H3,(H2,86,113)(H,87,117)(H,89,114)(H,90,118)(H,94,121)(H,95,116)(H,101,120)(H,102,119)(H,103,115)(H,110,111)/b49-14-,53-28?,88-27?. The minimum absolute atomic E-state index is 0.00168. The highest BCUT2D eigenvalue weighted by molar-refractivity contribution is 8.14.